The van der Waals surface area contributed by atoms with E-state index in [9.17, 15) is 34.2 Å². The fourth-order valence-electron chi connectivity index (χ4n) is 6.60. The van der Waals surface area contributed by atoms with Gasteiger partial charge in [0.25, 0.3) is 5.91 Å². The van der Waals surface area contributed by atoms with Gasteiger partial charge in [0.1, 0.15) is 24.8 Å². The van der Waals surface area contributed by atoms with Crippen molar-refractivity contribution < 1.29 is 38.9 Å². The van der Waals surface area contributed by atoms with Crippen LogP contribution in [0.25, 0.3) is 0 Å². The molecule has 5 aromatic rings. The SMILES string of the molecule is C[C@]1(c2ccccc2C(=O)O)[C@@H](c2ccccc2C(=O)O)[C@H](COC(=O)c2ccccc2)O[C@H]1n1ccc(NC(=O)c2ccccc2)nc1=O. The maximum atomic E-state index is 13.8. The molecule has 12 heteroatoms. The molecule has 0 spiro atoms. The van der Waals surface area contributed by atoms with Crippen molar-refractivity contribution in [3.8, 4) is 0 Å². The monoisotopic (exact) mass is 673 g/mol. The molecule has 1 aliphatic heterocycles. The molecule has 4 atom stereocenters. The van der Waals surface area contributed by atoms with Gasteiger partial charge in [0.05, 0.1) is 16.7 Å². The summed E-state index contributed by atoms with van der Waals surface area (Å²) in [5, 5.41) is 23.2. The summed E-state index contributed by atoms with van der Waals surface area (Å²) in [6, 6.07) is 30.4. The molecule has 1 saturated heterocycles. The largest absolute Gasteiger partial charge is 0.478 e. The fourth-order valence-corrected chi connectivity index (χ4v) is 6.60. The van der Waals surface area contributed by atoms with Crippen LogP contribution in [0.15, 0.2) is 126 Å². The predicted molar refractivity (Wildman–Crippen MR) is 180 cm³/mol. The average Bonchev–Trinajstić information content (AvgIpc) is 3.43. The minimum Gasteiger partial charge on any atom is -0.478 e. The van der Waals surface area contributed by atoms with Crippen LogP contribution in [0.5, 0.6) is 0 Å². The van der Waals surface area contributed by atoms with Crippen molar-refractivity contribution in [2.24, 2.45) is 0 Å². The van der Waals surface area contributed by atoms with E-state index in [0.29, 0.717) is 5.56 Å². The highest BCUT2D eigenvalue weighted by atomic mass is 16.6. The number of ether oxygens (including phenoxy) is 2. The number of aromatic nitrogens is 2. The Hall–Kier alpha value is -6.40. The highest BCUT2D eigenvalue weighted by Crippen LogP contribution is 2.56. The van der Waals surface area contributed by atoms with Gasteiger partial charge in [-0.05, 0) is 53.6 Å². The number of carboxylic acids is 2. The van der Waals surface area contributed by atoms with Gasteiger partial charge in [-0.2, -0.15) is 4.98 Å². The number of carbonyl (C=O) groups is 4. The van der Waals surface area contributed by atoms with E-state index >= 15 is 0 Å². The number of nitrogens with zero attached hydrogens (tertiary/aromatic N) is 2. The number of esters is 1. The van der Waals surface area contributed by atoms with E-state index < -0.39 is 53.2 Å². The van der Waals surface area contributed by atoms with Crippen molar-refractivity contribution in [2.45, 2.75) is 30.6 Å². The summed E-state index contributed by atoms with van der Waals surface area (Å²) in [7, 11) is 0. The van der Waals surface area contributed by atoms with E-state index in [-0.39, 0.29) is 40.2 Å². The van der Waals surface area contributed by atoms with Gasteiger partial charge in [0, 0.05) is 23.1 Å². The van der Waals surface area contributed by atoms with Gasteiger partial charge in [-0.15, -0.1) is 0 Å². The van der Waals surface area contributed by atoms with Crippen molar-refractivity contribution in [1.29, 1.82) is 0 Å². The summed E-state index contributed by atoms with van der Waals surface area (Å²) in [5.41, 5.74) is -1.36. The molecule has 1 aromatic heterocycles. The summed E-state index contributed by atoms with van der Waals surface area (Å²) >= 11 is 0. The van der Waals surface area contributed by atoms with Gasteiger partial charge in [-0.1, -0.05) is 79.7 Å². The second kappa shape index (κ2) is 14.0. The molecule has 2 heterocycles. The summed E-state index contributed by atoms with van der Waals surface area (Å²) in [6.07, 6.45) is -1.01. The highest BCUT2D eigenvalue weighted by Gasteiger charge is 2.58. The van der Waals surface area contributed by atoms with Crippen LogP contribution < -0.4 is 11.0 Å². The molecule has 4 aromatic carbocycles. The van der Waals surface area contributed by atoms with E-state index in [2.05, 4.69) is 10.3 Å². The van der Waals surface area contributed by atoms with Gasteiger partial charge < -0.3 is 25.0 Å². The molecule has 1 aliphatic rings. The summed E-state index contributed by atoms with van der Waals surface area (Å²) in [5.74, 6) is -4.66. The van der Waals surface area contributed by atoms with Crippen LogP contribution in [0.2, 0.25) is 0 Å². The minimum absolute atomic E-state index is 0.0353. The van der Waals surface area contributed by atoms with Crippen LogP contribution in [0.4, 0.5) is 5.82 Å². The fraction of sp³-hybridized carbons (Fsp3) is 0.158. The Bertz CT molecular complexity index is 2130. The van der Waals surface area contributed by atoms with Crippen molar-refractivity contribution >= 4 is 29.6 Å². The second-order valence-electron chi connectivity index (χ2n) is 11.8. The van der Waals surface area contributed by atoms with E-state index in [1.807, 2.05) is 0 Å². The van der Waals surface area contributed by atoms with E-state index in [1.54, 1.807) is 104 Å². The summed E-state index contributed by atoms with van der Waals surface area (Å²) in [4.78, 5) is 68.9. The highest BCUT2D eigenvalue weighted by molar-refractivity contribution is 6.03. The first kappa shape index (κ1) is 33.5. The van der Waals surface area contributed by atoms with Gasteiger partial charge >= 0.3 is 23.6 Å². The Morgan fingerprint density at radius 2 is 1.38 bits per heavy atom. The van der Waals surface area contributed by atoms with Crippen LogP contribution in [-0.4, -0.2) is 56.3 Å². The second-order valence-corrected chi connectivity index (χ2v) is 11.8. The first-order valence-electron chi connectivity index (χ1n) is 15.6. The zero-order chi connectivity index (χ0) is 35.4. The standard InChI is InChI=1S/C38H31N3O9/c1-38(28-19-11-10-18-27(28)34(45)46)31(25-16-8-9-17-26(25)33(43)44)29(22-49-35(47)24-14-6-3-7-15-24)50-36(38)41-21-20-30(40-37(41)48)39-32(42)23-12-4-2-5-13-23/h2-21,29,31,36H,22H2,1H3,(H,43,44)(H,45,46)(H,39,40,42,48)/t29-,31-,36+,38-/m0/s1. The molecule has 0 unspecified atom stereocenters. The summed E-state index contributed by atoms with van der Waals surface area (Å²) in [6.45, 7) is 1.31. The quantitative estimate of drug-likeness (QED) is 0.163. The minimum atomic E-state index is -1.48. The van der Waals surface area contributed by atoms with Crippen molar-refractivity contribution in [3.63, 3.8) is 0 Å². The van der Waals surface area contributed by atoms with Crippen molar-refractivity contribution in [3.05, 3.63) is 165 Å². The maximum Gasteiger partial charge on any atom is 0.351 e. The Balaban J connectivity index is 1.49. The first-order valence-corrected chi connectivity index (χ1v) is 15.6. The van der Waals surface area contributed by atoms with E-state index in [1.165, 1.54) is 24.4 Å². The molecule has 0 radical (unpaired) electrons. The van der Waals surface area contributed by atoms with Crippen molar-refractivity contribution in [2.75, 3.05) is 11.9 Å². The lowest BCUT2D eigenvalue weighted by Crippen LogP contribution is -2.41. The lowest BCUT2D eigenvalue weighted by Gasteiger charge is -2.38. The smallest absolute Gasteiger partial charge is 0.351 e. The number of hydrogen-bond acceptors (Lipinski definition) is 8. The van der Waals surface area contributed by atoms with Crippen LogP contribution in [-0.2, 0) is 14.9 Å². The molecular weight excluding hydrogens is 642 g/mol. The molecule has 1 fully saturated rings. The predicted octanol–water partition coefficient (Wildman–Crippen LogP) is 5.39. The third-order valence-corrected chi connectivity index (χ3v) is 8.85. The normalized spacial score (nSPS) is 19.7. The number of aromatic carboxylic acids is 2. The number of nitrogens with one attached hydrogen (secondary N) is 1. The van der Waals surface area contributed by atoms with E-state index in [0.717, 1.165) is 4.57 Å². The third kappa shape index (κ3) is 6.39. The van der Waals surface area contributed by atoms with Crippen LogP contribution in [0, 0.1) is 0 Å². The number of rotatable bonds is 10. The zero-order valence-electron chi connectivity index (χ0n) is 26.6. The first-order chi connectivity index (χ1) is 24.1. The van der Waals surface area contributed by atoms with Gasteiger partial charge in [-0.3, -0.25) is 9.36 Å². The maximum absolute atomic E-state index is 13.8. The molecule has 12 nitrogen and oxygen atoms in total. The Morgan fingerprint density at radius 3 is 2.02 bits per heavy atom. The zero-order valence-corrected chi connectivity index (χ0v) is 26.6. The summed E-state index contributed by atoms with van der Waals surface area (Å²) < 4.78 is 13.5. The molecule has 252 valence electrons. The Kier molecular flexibility index (Phi) is 9.37. The molecule has 0 bridgehead atoms. The molecular formula is C38H31N3O9. The lowest BCUT2D eigenvalue weighted by molar-refractivity contribution is -0.0467. The average molecular weight is 674 g/mol. The molecule has 0 aliphatic carbocycles. The number of benzene rings is 4. The molecule has 50 heavy (non-hydrogen) atoms. The lowest BCUT2D eigenvalue weighted by atomic mass is 9.65. The molecule has 6 rings (SSSR count). The number of hydrogen-bond donors (Lipinski definition) is 3. The number of carbonyl (C=O) groups excluding carboxylic acids is 2. The van der Waals surface area contributed by atoms with Gasteiger partial charge in [-0.25, -0.2) is 19.2 Å². The Labute approximate surface area is 285 Å². The molecule has 0 saturated carbocycles. The van der Waals surface area contributed by atoms with Crippen LogP contribution in [0.1, 0.15) is 71.6 Å². The van der Waals surface area contributed by atoms with Crippen LogP contribution in [0.3, 0.4) is 0 Å². The molecule has 1 amide bonds. The van der Waals surface area contributed by atoms with Gasteiger partial charge in [0.15, 0.2) is 0 Å². The van der Waals surface area contributed by atoms with E-state index in [4.69, 9.17) is 9.47 Å². The topological polar surface area (TPSA) is 174 Å². The van der Waals surface area contributed by atoms with Crippen LogP contribution >= 0.6 is 0 Å². The van der Waals surface area contributed by atoms with Gasteiger partial charge in [0.2, 0.25) is 0 Å². The Morgan fingerprint density at radius 1 is 0.800 bits per heavy atom. The third-order valence-electron chi connectivity index (χ3n) is 8.85. The number of carboxylic acid groups (broad SMARTS) is 2. The molecule has 3 N–H and O–H groups in total. The number of anilines is 1. The number of amides is 1. The van der Waals surface area contributed by atoms with Crippen molar-refractivity contribution in [1.82, 2.24) is 9.55 Å².